The number of ketones is 1. The summed E-state index contributed by atoms with van der Waals surface area (Å²) in [6.07, 6.45) is -6.81. The summed E-state index contributed by atoms with van der Waals surface area (Å²) >= 11 is 0. The molecule has 13 heteroatoms. The minimum atomic E-state index is -1.67. The fourth-order valence-corrected chi connectivity index (χ4v) is 11.9. The average molecular weight is 743 g/mol. The molecule has 6 rings (SSSR count). The second-order valence-corrected chi connectivity index (χ2v) is 18.1. The van der Waals surface area contributed by atoms with E-state index in [1.54, 1.807) is 0 Å². The van der Waals surface area contributed by atoms with Gasteiger partial charge in [-0.05, 0) is 111 Å². The fraction of sp³-hybridized carbons (Fsp3) is 0.974. The number of carbonyl (C=O) groups is 1. The predicted octanol–water partition coefficient (Wildman–Crippen LogP) is 1.27. The van der Waals surface area contributed by atoms with E-state index in [4.69, 9.17) is 18.9 Å². The van der Waals surface area contributed by atoms with Gasteiger partial charge in [-0.15, -0.1) is 0 Å². The summed E-state index contributed by atoms with van der Waals surface area (Å²) in [5.74, 6) is 1.03. The smallest absolute Gasteiger partial charge is 0.187 e. The highest BCUT2D eigenvalue weighted by molar-refractivity contribution is 5.81. The molecule has 0 aromatic carbocycles. The Morgan fingerprint density at radius 2 is 1.52 bits per heavy atom. The maximum atomic E-state index is 13.8. The molecule has 0 radical (unpaired) electrons. The largest absolute Gasteiger partial charge is 0.396 e. The molecular formula is C39H66O13. The van der Waals surface area contributed by atoms with Crippen LogP contribution in [0.2, 0.25) is 0 Å². The van der Waals surface area contributed by atoms with Gasteiger partial charge in [-0.2, -0.15) is 0 Å². The van der Waals surface area contributed by atoms with Crippen molar-refractivity contribution in [1.82, 2.24) is 0 Å². The molecule has 0 bridgehead atoms. The SMILES string of the molecule is C[C@@H](CO)CCC(=O)[C@@H](C)C1C[C@@H](O[C@H]2O[C@H](CO)[C@@H](O)[C@H](O)[C@H]2O[C@@H]2O[C@@H](C)[C@H](O)[C@@H](O)[C@H]2O)[C@H]2[C@@H]3CC[C@H]4C[C@@H](O)CC[C@]4(C)[C@H]3CC[C@]12C. The van der Waals surface area contributed by atoms with Crippen molar-refractivity contribution in [2.75, 3.05) is 13.2 Å². The molecule has 0 spiro atoms. The first-order chi connectivity index (χ1) is 24.5. The monoisotopic (exact) mass is 742 g/mol. The first kappa shape index (κ1) is 40.8. The molecule has 6 aliphatic rings. The number of carbonyl (C=O) groups excluding carboxylic acids is 1. The molecule has 4 aliphatic carbocycles. The lowest BCUT2D eigenvalue weighted by atomic mass is 9.44. The predicted molar refractivity (Wildman–Crippen MR) is 186 cm³/mol. The number of fused-ring (bicyclic) bond motifs is 5. The number of aliphatic hydroxyl groups is 8. The molecule has 300 valence electrons. The summed E-state index contributed by atoms with van der Waals surface area (Å²) in [7, 11) is 0. The number of Topliss-reactive ketones (excluding diaryl/α,β-unsaturated/α-hetero) is 1. The van der Waals surface area contributed by atoms with Crippen LogP contribution >= 0.6 is 0 Å². The Hall–Kier alpha value is -0.810. The van der Waals surface area contributed by atoms with Crippen LogP contribution in [-0.2, 0) is 23.7 Å². The summed E-state index contributed by atoms with van der Waals surface area (Å²) in [6.45, 7) is 9.60. The van der Waals surface area contributed by atoms with Gasteiger partial charge in [0, 0.05) is 18.9 Å². The van der Waals surface area contributed by atoms with Crippen molar-refractivity contribution in [3.05, 3.63) is 0 Å². The lowest BCUT2D eigenvalue weighted by Crippen LogP contribution is -2.64. The second-order valence-electron chi connectivity index (χ2n) is 18.1. The molecule has 21 atom stereocenters. The van der Waals surface area contributed by atoms with Crippen molar-refractivity contribution >= 4 is 5.78 Å². The van der Waals surface area contributed by atoms with Crippen LogP contribution in [0.1, 0.15) is 98.8 Å². The van der Waals surface area contributed by atoms with Crippen molar-refractivity contribution in [3.63, 3.8) is 0 Å². The Balaban J connectivity index is 1.32. The molecule has 2 saturated heterocycles. The molecule has 52 heavy (non-hydrogen) atoms. The topological polar surface area (TPSA) is 216 Å². The van der Waals surface area contributed by atoms with Gasteiger partial charge in [0.05, 0.1) is 24.9 Å². The number of hydrogen-bond acceptors (Lipinski definition) is 13. The van der Waals surface area contributed by atoms with Gasteiger partial charge in [-0.1, -0.05) is 27.7 Å². The molecule has 2 aliphatic heterocycles. The molecule has 0 aromatic heterocycles. The standard InChI is InChI=1S/C39H66O13/c1-18(16-40)6-9-26(43)19(2)25-15-27(29-23-8-7-21-14-22(42)10-12-38(21,4)24(23)11-13-39(25,29)5)50-37-35(33(47)31(45)28(17-41)51-37)52-36-34(48)32(46)30(44)20(3)49-36/h18-25,27-37,40-42,44-48H,6-17H2,1-5H3/t18-,19+,20+,21+,22+,23-,24+,25?,27-,28-,29-,30+,31-,32-,33+,34-,35-,36+,37+,38+,39-/m1/s1. The van der Waals surface area contributed by atoms with Gasteiger partial charge >= 0.3 is 0 Å². The van der Waals surface area contributed by atoms with E-state index >= 15 is 0 Å². The van der Waals surface area contributed by atoms with Gasteiger partial charge in [0.2, 0.25) is 0 Å². The van der Waals surface area contributed by atoms with Crippen LogP contribution in [-0.4, -0.2) is 133 Å². The van der Waals surface area contributed by atoms with Crippen LogP contribution in [0, 0.1) is 52.3 Å². The van der Waals surface area contributed by atoms with Crippen molar-refractivity contribution < 1.29 is 64.6 Å². The zero-order chi connectivity index (χ0) is 37.9. The Morgan fingerprint density at radius 1 is 0.808 bits per heavy atom. The van der Waals surface area contributed by atoms with Crippen molar-refractivity contribution in [2.45, 2.75) is 172 Å². The lowest BCUT2D eigenvalue weighted by molar-refractivity contribution is -0.371. The van der Waals surface area contributed by atoms with Crippen molar-refractivity contribution in [2.24, 2.45) is 52.3 Å². The minimum absolute atomic E-state index is 0.0156. The average Bonchev–Trinajstić information content (AvgIpc) is 3.42. The van der Waals surface area contributed by atoms with E-state index in [2.05, 4.69) is 13.8 Å². The van der Waals surface area contributed by atoms with Gasteiger partial charge in [0.15, 0.2) is 12.6 Å². The molecule has 13 nitrogen and oxygen atoms in total. The van der Waals surface area contributed by atoms with Crippen LogP contribution < -0.4 is 0 Å². The zero-order valence-electron chi connectivity index (χ0n) is 31.6. The maximum Gasteiger partial charge on any atom is 0.187 e. The van der Waals surface area contributed by atoms with E-state index in [9.17, 15) is 45.6 Å². The normalized spacial score (nSPS) is 51.9. The van der Waals surface area contributed by atoms with Crippen molar-refractivity contribution in [1.29, 1.82) is 0 Å². The third-order valence-corrected chi connectivity index (χ3v) is 15.2. The highest BCUT2D eigenvalue weighted by Crippen LogP contribution is 2.69. The molecule has 0 aromatic rings. The summed E-state index contributed by atoms with van der Waals surface area (Å²) < 4.78 is 24.9. The summed E-state index contributed by atoms with van der Waals surface area (Å²) in [4.78, 5) is 13.8. The van der Waals surface area contributed by atoms with Gasteiger partial charge in [0.1, 0.15) is 48.5 Å². The van der Waals surface area contributed by atoms with Gasteiger partial charge in [-0.3, -0.25) is 4.79 Å². The highest BCUT2D eigenvalue weighted by Gasteiger charge is 2.65. The molecule has 2 heterocycles. The lowest BCUT2D eigenvalue weighted by Gasteiger charge is -2.61. The third-order valence-electron chi connectivity index (χ3n) is 15.2. The van der Waals surface area contributed by atoms with Gasteiger partial charge < -0.3 is 59.8 Å². The van der Waals surface area contributed by atoms with E-state index < -0.39 is 74.1 Å². The first-order valence-corrected chi connectivity index (χ1v) is 20.0. The van der Waals surface area contributed by atoms with Crippen molar-refractivity contribution in [3.8, 4) is 0 Å². The highest BCUT2D eigenvalue weighted by atomic mass is 16.8. The summed E-state index contributed by atoms with van der Waals surface area (Å²) in [5.41, 5.74) is -0.196. The van der Waals surface area contributed by atoms with Gasteiger partial charge in [-0.25, -0.2) is 0 Å². The Morgan fingerprint density at radius 3 is 2.21 bits per heavy atom. The second kappa shape index (κ2) is 16.0. The molecule has 1 unspecified atom stereocenters. The van der Waals surface area contributed by atoms with Crippen LogP contribution in [0.25, 0.3) is 0 Å². The van der Waals surface area contributed by atoms with E-state index in [1.807, 2.05) is 13.8 Å². The summed E-state index contributed by atoms with van der Waals surface area (Å²) in [6, 6.07) is 0. The van der Waals surface area contributed by atoms with E-state index in [0.717, 1.165) is 44.9 Å². The Labute approximate surface area is 308 Å². The number of rotatable bonds is 11. The molecule has 8 N–H and O–H groups in total. The Kier molecular flexibility index (Phi) is 12.5. The number of hydrogen-bond donors (Lipinski definition) is 8. The molecular weight excluding hydrogens is 676 g/mol. The summed E-state index contributed by atoms with van der Waals surface area (Å²) in [5, 5.41) is 84.2. The van der Waals surface area contributed by atoms with Crippen LogP contribution in [0.15, 0.2) is 0 Å². The first-order valence-electron chi connectivity index (χ1n) is 20.0. The number of aliphatic hydroxyl groups excluding tert-OH is 8. The van der Waals surface area contributed by atoms with Gasteiger partial charge in [0.25, 0.3) is 0 Å². The van der Waals surface area contributed by atoms with Crippen LogP contribution in [0.5, 0.6) is 0 Å². The van der Waals surface area contributed by atoms with Crippen LogP contribution in [0.4, 0.5) is 0 Å². The van der Waals surface area contributed by atoms with E-state index in [1.165, 1.54) is 6.92 Å². The van der Waals surface area contributed by atoms with Crippen LogP contribution in [0.3, 0.4) is 0 Å². The number of ether oxygens (including phenoxy) is 4. The fourth-order valence-electron chi connectivity index (χ4n) is 11.9. The molecule has 6 fully saturated rings. The zero-order valence-corrected chi connectivity index (χ0v) is 31.6. The quantitative estimate of drug-likeness (QED) is 0.150. The molecule has 0 amide bonds. The minimum Gasteiger partial charge on any atom is -0.396 e. The third kappa shape index (κ3) is 7.29. The maximum absolute atomic E-state index is 13.8. The molecule has 4 saturated carbocycles. The van der Waals surface area contributed by atoms with E-state index in [-0.39, 0.29) is 58.9 Å². The van der Waals surface area contributed by atoms with E-state index in [0.29, 0.717) is 31.1 Å². The Bertz CT molecular complexity index is 1220.